The highest BCUT2D eigenvalue weighted by molar-refractivity contribution is 7.99. The molecule has 1 aliphatic heterocycles. The molecular weight excluding hydrogens is 413 g/mol. The SMILES string of the molecule is CCOC(=O)C1=C(C(F)(F)F)Oc2ccc(Cl)cc2C1Sc1ccc(C)cc1. The van der Waals surface area contributed by atoms with Crippen LogP contribution in [0.1, 0.15) is 23.3 Å². The lowest BCUT2D eigenvalue weighted by molar-refractivity contribution is -0.142. The molecule has 1 heterocycles. The van der Waals surface area contributed by atoms with Crippen LogP contribution in [0.15, 0.2) is 58.7 Å². The van der Waals surface area contributed by atoms with E-state index in [-0.39, 0.29) is 12.4 Å². The summed E-state index contributed by atoms with van der Waals surface area (Å²) < 4.78 is 51.1. The molecule has 2 aromatic rings. The van der Waals surface area contributed by atoms with Crippen molar-refractivity contribution in [1.82, 2.24) is 0 Å². The Morgan fingerprint density at radius 1 is 1.21 bits per heavy atom. The molecular formula is C20H16ClF3O3S. The molecule has 0 bridgehead atoms. The Bertz CT molecular complexity index is 923. The van der Waals surface area contributed by atoms with Gasteiger partial charge in [-0.15, -0.1) is 11.8 Å². The number of thioether (sulfide) groups is 1. The van der Waals surface area contributed by atoms with Crippen LogP contribution in [0.2, 0.25) is 5.02 Å². The van der Waals surface area contributed by atoms with E-state index in [1.807, 2.05) is 19.1 Å². The fourth-order valence-corrected chi connectivity index (χ4v) is 4.13. The molecule has 0 saturated heterocycles. The molecule has 1 unspecified atom stereocenters. The van der Waals surface area contributed by atoms with Crippen LogP contribution in [-0.4, -0.2) is 18.8 Å². The summed E-state index contributed by atoms with van der Waals surface area (Å²) in [6.07, 6.45) is -4.86. The molecule has 2 aromatic carbocycles. The molecule has 0 aliphatic carbocycles. The van der Waals surface area contributed by atoms with Gasteiger partial charge in [0.1, 0.15) is 11.3 Å². The molecule has 28 heavy (non-hydrogen) atoms. The van der Waals surface area contributed by atoms with Gasteiger partial charge in [0.25, 0.3) is 0 Å². The third kappa shape index (κ3) is 4.31. The number of ether oxygens (including phenoxy) is 2. The van der Waals surface area contributed by atoms with Gasteiger partial charge in [0.2, 0.25) is 5.76 Å². The predicted molar refractivity (Wildman–Crippen MR) is 102 cm³/mol. The molecule has 148 valence electrons. The highest BCUT2D eigenvalue weighted by Crippen LogP contribution is 2.52. The van der Waals surface area contributed by atoms with E-state index in [1.54, 1.807) is 12.1 Å². The minimum atomic E-state index is -4.86. The van der Waals surface area contributed by atoms with Crippen LogP contribution >= 0.6 is 23.4 Å². The fraction of sp³-hybridized carbons (Fsp3) is 0.250. The van der Waals surface area contributed by atoms with Crippen molar-refractivity contribution < 1.29 is 27.4 Å². The van der Waals surface area contributed by atoms with Crippen LogP contribution in [0.25, 0.3) is 0 Å². The van der Waals surface area contributed by atoms with Gasteiger partial charge < -0.3 is 9.47 Å². The molecule has 0 N–H and O–H groups in total. The van der Waals surface area contributed by atoms with Gasteiger partial charge in [-0.1, -0.05) is 29.3 Å². The number of benzene rings is 2. The van der Waals surface area contributed by atoms with Gasteiger partial charge in [-0.05, 0) is 44.2 Å². The predicted octanol–water partition coefficient (Wildman–Crippen LogP) is 6.25. The number of fused-ring (bicyclic) bond motifs is 1. The third-order valence-corrected chi connectivity index (χ3v) is 5.51. The highest BCUT2D eigenvalue weighted by Gasteiger charge is 2.47. The largest absolute Gasteiger partial charge is 0.462 e. The van der Waals surface area contributed by atoms with Crippen LogP contribution in [0.4, 0.5) is 13.2 Å². The molecule has 0 saturated carbocycles. The third-order valence-electron chi connectivity index (χ3n) is 4.00. The second-order valence-electron chi connectivity index (χ2n) is 6.06. The molecule has 0 radical (unpaired) electrons. The number of carbonyl (C=O) groups is 1. The van der Waals surface area contributed by atoms with Crippen LogP contribution in [0.5, 0.6) is 5.75 Å². The van der Waals surface area contributed by atoms with E-state index in [2.05, 4.69) is 0 Å². The van der Waals surface area contributed by atoms with Crippen molar-refractivity contribution in [3.05, 3.63) is 69.9 Å². The van der Waals surface area contributed by atoms with Crippen LogP contribution in [-0.2, 0) is 9.53 Å². The first-order valence-electron chi connectivity index (χ1n) is 8.39. The van der Waals surface area contributed by atoms with E-state index < -0.39 is 28.7 Å². The van der Waals surface area contributed by atoms with Gasteiger partial charge in [-0.25, -0.2) is 4.79 Å². The van der Waals surface area contributed by atoms with Gasteiger partial charge in [0.05, 0.1) is 11.9 Å². The summed E-state index contributed by atoms with van der Waals surface area (Å²) in [5, 5.41) is -0.656. The zero-order chi connectivity index (χ0) is 20.5. The molecule has 0 spiro atoms. The number of aryl methyl sites for hydroxylation is 1. The molecule has 0 aromatic heterocycles. The van der Waals surface area contributed by atoms with Gasteiger partial charge in [0.15, 0.2) is 0 Å². The number of alkyl halides is 3. The summed E-state index contributed by atoms with van der Waals surface area (Å²) in [6, 6.07) is 11.6. The summed E-state index contributed by atoms with van der Waals surface area (Å²) in [5.74, 6) is -2.41. The smallest absolute Gasteiger partial charge is 0.450 e. The van der Waals surface area contributed by atoms with Crippen molar-refractivity contribution in [3.8, 4) is 5.75 Å². The van der Waals surface area contributed by atoms with Gasteiger partial charge in [0, 0.05) is 15.5 Å². The van der Waals surface area contributed by atoms with E-state index in [9.17, 15) is 18.0 Å². The van der Waals surface area contributed by atoms with Gasteiger partial charge in [-0.3, -0.25) is 0 Å². The second-order valence-corrected chi connectivity index (χ2v) is 7.67. The molecule has 0 fully saturated rings. The van der Waals surface area contributed by atoms with Crippen molar-refractivity contribution in [2.45, 2.75) is 30.2 Å². The van der Waals surface area contributed by atoms with E-state index >= 15 is 0 Å². The number of hydrogen-bond donors (Lipinski definition) is 0. The van der Waals surface area contributed by atoms with Crippen molar-refractivity contribution in [3.63, 3.8) is 0 Å². The van der Waals surface area contributed by atoms with Crippen LogP contribution in [0, 0.1) is 6.92 Å². The molecule has 1 aliphatic rings. The topological polar surface area (TPSA) is 35.5 Å². The van der Waals surface area contributed by atoms with Crippen molar-refractivity contribution in [2.75, 3.05) is 6.61 Å². The Balaban J connectivity index is 2.18. The summed E-state index contributed by atoms with van der Waals surface area (Å²) in [6.45, 7) is 3.38. The van der Waals surface area contributed by atoms with Crippen LogP contribution < -0.4 is 4.74 Å². The maximum atomic E-state index is 13.7. The number of esters is 1. The maximum Gasteiger partial charge on any atom is 0.450 e. The van der Waals surface area contributed by atoms with Crippen LogP contribution in [0.3, 0.4) is 0 Å². The molecule has 1 atom stereocenters. The Hall–Kier alpha value is -2.12. The van der Waals surface area contributed by atoms with Gasteiger partial charge in [-0.2, -0.15) is 13.2 Å². The Morgan fingerprint density at radius 2 is 1.89 bits per heavy atom. The monoisotopic (exact) mass is 428 g/mol. The molecule has 0 amide bonds. The van der Waals surface area contributed by atoms with E-state index in [4.69, 9.17) is 21.1 Å². The molecule has 3 nitrogen and oxygen atoms in total. The lowest BCUT2D eigenvalue weighted by Crippen LogP contribution is -2.29. The lowest BCUT2D eigenvalue weighted by Gasteiger charge is -2.30. The van der Waals surface area contributed by atoms with Gasteiger partial charge >= 0.3 is 12.1 Å². The van der Waals surface area contributed by atoms with E-state index in [0.717, 1.165) is 17.3 Å². The van der Waals surface area contributed by atoms with Crippen molar-refractivity contribution in [1.29, 1.82) is 0 Å². The minimum Gasteiger partial charge on any atom is -0.462 e. The number of hydrogen-bond acceptors (Lipinski definition) is 4. The lowest BCUT2D eigenvalue weighted by atomic mass is 9.99. The fourth-order valence-electron chi connectivity index (χ4n) is 2.75. The minimum absolute atomic E-state index is 0.00869. The molecule has 8 heteroatoms. The first kappa shape index (κ1) is 20.6. The summed E-state index contributed by atoms with van der Waals surface area (Å²) >= 11 is 7.17. The van der Waals surface area contributed by atoms with Crippen molar-refractivity contribution in [2.24, 2.45) is 0 Å². The van der Waals surface area contributed by atoms with E-state index in [0.29, 0.717) is 15.5 Å². The Labute approximate surface area is 169 Å². The zero-order valence-electron chi connectivity index (χ0n) is 15.0. The Kier molecular flexibility index (Phi) is 5.95. The first-order valence-corrected chi connectivity index (χ1v) is 9.65. The van der Waals surface area contributed by atoms with E-state index in [1.165, 1.54) is 25.1 Å². The number of allylic oxidation sites excluding steroid dienone is 1. The summed E-state index contributed by atoms with van der Waals surface area (Å²) in [4.78, 5) is 13.2. The number of rotatable bonds is 4. The number of halogens is 4. The summed E-state index contributed by atoms with van der Waals surface area (Å²) in [7, 11) is 0. The molecule has 3 rings (SSSR count). The Morgan fingerprint density at radius 3 is 2.50 bits per heavy atom. The summed E-state index contributed by atoms with van der Waals surface area (Å²) in [5.41, 5.74) is 0.820. The first-order chi connectivity index (χ1) is 13.2. The van der Waals surface area contributed by atoms with Crippen molar-refractivity contribution >= 4 is 29.3 Å². The quantitative estimate of drug-likeness (QED) is 0.539. The zero-order valence-corrected chi connectivity index (χ0v) is 16.5. The normalized spacial score (nSPS) is 16.4. The maximum absolute atomic E-state index is 13.7. The highest BCUT2D eigenvalue weighted by atomic mass is 35.5. The second kappa shape index (κ2) is 8.09. The standard InChI is InChI=1S/C20H16ClF3O3S/c1-3-26-19(25)16-17(28-13-7-4-11(2)5-8-13)14-10-12(21)6-9-15(14)27-18(16)20(22,23)24/h4-10,17H,3H2,1-2H3. The number of carbonyl (C=O) groups excluding carboxylic acids is 1. The average molecular weight is 429 g/mol. The average Bonchev–Trinajstić information content (AvgIpc) is 2.62.